The molecule has 1 aliphatic carbocycles. The Bertz CT molecular complexity index is 449. The van der Waals surface area contributed by atoms with Crippen molar-refractivity contribution in [3.05, 3.63) is 29.8 Å². The van der Waals surface area contributed by atoms with Gasteiger partial charge in [-0.25, -0.2) is 0 Å². The molecule has 0 heterocycles. The minimum atomic E-state index is 0.129. The van der Waals surface area contributed by atoms with Gasteiger partial charge in [0, 0.05) is 18.7 Å². The standard InChI is InChI=1S/C19H29NO2/c1-3-4-8-15-22-18-13-11-16(12-14-18)19(21)20(2)17-9-6-5-7-10-17/h11-14,17H,3-10,15H2,1-2H3. The topological polar surface area (TPSA) is 29.5 Å². The lowest BCUT2D eigenvalue weighted by Gasteiger charge is -2.31. The van der Waals surface area contributed by atoms with Crippen LogP contribution in [0.3, 0.4) is 0 Å². The molecule has 2 rings (SSSR count). The molecule has 1 fully saturated rings. The molecule has 122 valence electrons. The highest BCUT2D eigenvalue weighted by molar-refractivity contribution is 5.94. The molecule has 0 aromatic heterocycles. The number of nitrogens with zero attached hydrogens (tertiary/aromatic N) is 1. The summed E-state index contributed by atoms with van der Waals surface area (Å²) in [6.07, 6.45) is 9.55. The van der Waals surface area contributed by atoms with Crippen LogP contribution in [0.5, 0.6) is 5.75 Å². The number of amides is 1. The van der Waals surface area contributed by atoms with Crippen LogP contribution in [0.4, 0.5) is 0 Å². The second-order valence-corrected chi connectivity index (χ2v) is 6.29. The quantitative estimate of drug-likeness (QED) is 0.686. The molecule has 0 N–H and O–H groups in total. The molecule has 0 spiro atoms. The number of hydrogen-bond donors (Lipinski definition) is 0. The Morgan fingerprint density at radius 3 is 2.45 bits per heavy atom. The van der Waals surface area contributed by atoms with E-state index in [4.69, 9.17) is 4.74 Å². The van der Waals surface area contributed by atoms with Crippen LogP contribution in [-0.4, -0.2) is 30.5 Å². The number of carbonyl (C=O) groups is 1. The van der Waals surface area contributed by atoms with Crippen LogP contribution < -0.4 is 4.74 Å². The zero-order chi connectivity index (χ0) is 15.8. The third-order valence-corrected chi connectivity index (χ3v) is 4.56. The molecule has 1 amide bonds. The van der Waals surface area contributed by atoms with Gasteiger partial charge in [-0.1, -0.05) is 39.0 Å². The molecular weight excluding hydrogens is 274 g/mol. The summed E-state index contributed by atoms with van der Waals surface area (Å²) in [4.78, 5) is 14.5. The fourth-order valence-corrected chi connectivity index (χ4v) is 3.07. The first-order chi connectivity index (χ1) is 10.7. The third kappa shape index (κ3) is 4.75. The first-order valence-electron chi connectivity index (χ1n) is 8.72. The van der Waals surface area contributed by atoms with Crippen molar-refractivity contribution in [1.82, 2.24) is 4.90 Å². The Balaban J connectivity index is 1.87. The summed E-state index contributed by atoms with van der Waals surface area (Å²) < 4.78 is 5.69. The van der Waals surface area contributed by atoms with E-state index in [0.717, 1.165) is 37.2 Å². The normalized spacial score (nSPS) is 15.5. The molecule has 0 saturated heterocycles. The second kappa shape index (κ2) is 8.82. The zero-order valence-corrected chi connectivity index (χ0v) is 14.0. The van der Waals surface area contributed by atoms with Crippen LogP contribution in [0.1, 0.15) is 68.6 Å². The molecule has 1 aliphatic rings. The van der Waals surface area contributed by atoms with E-state index in [2.05, 4.69) is 6.92 Å². The van der Waals surface area contributed by atoms with Gasteiger partial charge in [-0.2, -0.15) is 0 Å². The first kappa shape index (κ1) is 16.9. The van der Waals surface area contributed by atoms with Crippen molar-refractivity contribution in [3.63, 3.8) is 0 Å². The SMILES string of the molecule is CCCCCOc1ccc(C(=O)N(C)C2CCCCC2)cc1. The van der Waals surface area contributed by atoms with Crippen molar-refractivity contribution >= 4 is 5.91 Å². The summed E-state index contributed by atoms with van der Waals surface area (Å²) >= 11 is 0. The van der Waals surface area contributed by atoms with E-state index in [1.54, 1.807) is 0 Å². The van der Waals surface area contributed by atoms with Gasteiger partial charge in [0.25, 0.3) is 5.91 Å². The van der Waals surface area contributed by atoms with E-state index in [9.17, 15) is 4.79 Å². The van der Waals surface area contributed by atoms with Crippen LogP contribution in [0.15, 0.2) is 24.3 Å². The van der Waals surface area contributed by atoms with Crippen LogP contribution in [-0.2, 0) is 0 Å². The Labute approximate surface area is 134 Å². The van der Waals surface area contributed by atoms with Crippen LogP contribution >= 0.6 is 0 Å². The van der Waals surface area contributed by atoms with E-state index in [0.29, 0.717) is 6.04 Å². The Kier molecular flexibility index (Phi) is 6.75. The van der Waals surface area contributed by atoms with Gasteiger partial charge >= 0.3 is 0 Å². The Morgan fingerprint density at radius 1 is 1.14 bits per heavy atom. The Morgan fingerprint density at radius 2 is 1.82 bits per heavy atom. The summed E-state index contributed by atoms with van der Waals surface area (Å²) in [7, 11) is 1.94. The van der Waals surface area contributed by atoms with Crippen molar-refractivity contribution in [2.45, 2.75) is 64.3 Å². The minimum absolute atomic E-state index is 0.129. The van der Waals surface area contributed by atoms with Crippen molar-refractivity contribution in [1.29, 1.82) is 0 Å². The maximum Gasteiger partial charge on any atom is 0.253 e. The molecule has 0 aliphatic heterocycles. The maximum absolute atomic E-state index is 12.5. The van der Waals surface area contributed by atoms with Crippen LogP contribution in [0.25, 0.3) is 0 Å². The molecule has 0 radical (unpaired) electrons. The van der Waals surface area contributed by atoms with Gasteiger partial charge in [0.1, 0.15) is 5.75 Å². The summed E-state index contributed by atoms with van der Waals surface area (Å²) in [5.74, 6) is 0.984. The lowest BCUT2D eigenvalue weighted by Crippen LogP contribution is -2.38. The molecule has 1 aromatic rings. The maximum atomic E-state index is 12.5. The van der Waals surface area contributed by atoms with E-state index in [-0.39, 0.29) is 5.91 Å². The van der Waals surface area contributed by atoms with Crippen molar-refractivity contribution in [2.75, 3.05) is 13.7 Å². The van der Waals surface area contributed by atoms with Gasteiger partial charge in [0.2, 0.25) is 0 Å². The molecule has 1 aromatic carbocycles. The van der Waals surface area contributed by atoms with Gasteiger partial charge in [-0.3, -0.25) is 4.79 Å². The van der Waals surface area contributed by atoms with Crippen molar-refractivity contribution < 1.29 is 9.53 Å². The fourth-order valence-electron chi connectivity index (χ4n) is 3.07. The van der Waals surface area contributed by atoms with E-state index in [1.165, 1.54) is 32.1 Å². The number of unbranched alkanes of at least 4 members (excludes halogenated alkanes) is 2. The molecule has 3 heteroatoms. The highest BCUT2D eigenvalue weighted by Gasteiger charge is 2.22. The second-order valence-electron chi connectivity index (χ2n) is 6.29. The van der Waals surface area contributed by atoms with E-state index >= 15 is 0 Å². The number of rotatable bonds is 7. The molecular formula is C19H29NO2. The smallest absolute Gasteiger partial charge is 0.253 e. The fraction of sp³-hybridized carbons (Fsp3) is 0.632. The Hall–Kier alpha value is -1.51. The number of carbonyl (C=O) groups excluding carboxylic acids is 1. The lowest BCUT2D eigenvalue weighted by atomic mass is 9.94. The van der Waals surface area contributed by atoms with Crippen LogP contribution in [0, 0.1) is 0 Å². The average molecular weight is 303 g/mol. The first-order valence-corrected chi connectivity index (χ1v) is 8.72. The van der Waals surface area contributed by atoms with Gasteiger partial charge in [0.05, 0.1) is 6.61 Å². The predicted molar refractivity (Wildman–Crippen MR) is 90.4 cm³/mol. The minimum Gasteiger partial charge on any atom is -0.494 e. The zero-order valence-electron chi connectivity index (χ0n) is 14.0. The van der Waals surface area contributed by atoms with E-state index in [1.807, 2.05) is 36.2 Å². The number of benzene rings is 1. The summed E-state index contributed by atoms with van der Waals surface area (Å²) in [6, 6.07) is 8.00. The summed E-state index contributed by atoms with van der Waals surface area (Å²) in [5, 5.41) is 0. The molecule has 3 nitrogen and oxygen atoms in total. The number of ether oxygens (including phenoxy) is 1. The summed E-state index contributed by atoms with van der Waals surface area (Å²) in [6.45, 7) is 2.94. The highest BCUT2D eigenvalue weighted by Crippen LogP contribution is 2.23. The van der Waals surface area contributed by atoms with Crippen molar-refractivity contribution in [2.24, 2.45) is 0 Å². The number of hydrogen-bond acceptors (Lipinski definition) is 2. The van der Waals surface area contributed by atoms with Gasteiger partial charge in [-0.05, 0) is 43.5 Å². The average Bonchev–Trinajstić information content (AvgIpc) is 2.59. The molecule has 1 saturated carbocycles. The highest BCUT2D eigenvalue weighted by atomic mass is 16.5. The lowest BCUT2D eigenvalue weighted by molar-refractivity contribution is 0.0696. The van der Waals surface area contributed by atoms with E-state index < -0.39 is 0 Å². The molecule has 0 bridgehead atoms. The predicted octanol–water partition coefficient (Wildman–Crippen LogP) is 4.66. The van der Waals surface area contributed by atoms with Gasteiger partial charge in [0.15, 0.2) is 0 Å². The molecule has 22 heavy (non-hydrogen) atoms. The monoisotopic (exact) mass is 303 g/mol. The third-order valence-electron chi connectivity index (χ3n) is 4.56. The van der Waals surface area contributed by atoms with Crippen molar-refractivity contribution in [3.8, 4) is 5.75 Å². The molecule has 0 atom stereocenters. The van der Waals surface area contributed by atoms with Gasteiger partial charge in [-0.15, -0.1) is 0 Å². The summed E-state index contributed by atoms with van der Waals surface area (Å²) in [5.41, 5.74) is 0.758. The van der Waals surface area contributed by atoms with Gasteiger partial charge < -0.3 is 9.64 Å². The van der Waals surface area contributed by atoms with Crippen LogP contribution in [0.2, 0.25) is 0 Å². The molecule has 0 unspecified atom stereocenters. The largest absolute Gasteiger partial charge is 0.494 e.